The van der Waals surface area contributed by atoms with Crippen LogP contribution in [0.4, 0.5) is 14.1 Å². The van der Waals surface area contributed by atoms with E-state index in [1.165, 1.54) is 10.5 Å². The van der Waals surface area contributed by atoms with Crippen molar-refractivity contribution in [2.75, 3.05) is 13.0 Å². The lowest BCUT2D eigenvalue weighted by atomic mass is 9.87. The number of ether oxygens (including phenoxy) is 1. The number of rotatable bonds is 3. The second-order valence-corrected chi connectivity index (χ2v) is 5.32. The largest absolute Gasteiger partial charge is 0.374 e. The van der Waals surface area contributed by atoms with Gasteiger partial charge < -0.3 is 4.74 Å². The second-order valence-electron chi connectivity index (χ2n) is 4.33. The van der Waals surface area contributed by atoms with Gasteiger partial charge >= 0.3 is 0 Å². The highest BCUT2D eigenvalue weighted by atomic mass is 32.2. The molecule has 1 aromatic carbocycles. The molecule has 0 bridgehead atoms. The minimum Gasteiger partial charge on any atom is -0.374 e. The van der Waals surface area contributed by atoms with Crippen molar-refractivity contribution < 1.29 is 18.9 Å². The molecule has 5 heteroatoms. The van der Waals surface area contributed by atoms with Crippen molar-refractivity contribution in [2.24, 2.45) is 0 Å². The van der Waals surface area contributed by atoms with Crippen molar-refractivity contribution in [3.8, 4) is 0 Å². The van der Waals surface area contributed by atoms with E-state index in [0.717, 1.165) is 5.94 Å². The zero-order valence-corrected chi connectivity index (χ0v) is 11.4. The van der Waals surface area contributed by atoms with E-state index in [2.05, 4.69) is 45.0 Å². The maximum absolute atomic E-state index is 5.01. The van der Waals surface area contributed by atoms with Crippen LogP contribution < -0.4 is 0 Å². The Morgan fingerprint density at radius 2 is 1.47 bits per heavy atom. The van der Waals surface area contributed by atoms with E-state index in [0.29, 0.717) is 0 Å². The summed E-state index contributed by atoms with van der Waals surface area (Å²) < 4.78 is 5.01. The summed E-state index contributed by atoms with van der Waals surface area (Å²) in [6, 6.07) is 8.70. The van der Waals surface area contributed by atoms with Gasteiger partial charge in [-0.25, -0.2) is 0 Å². The molecule has 0 aliphatic carbocycles. The fourth-order valence-electron chi connectivity index (χ4n) is 1.18. The zero-order valence-electron chi connectivity index (χ0n) is 10.6. The quantitative estimate of drug-likeness (QED) is 0.603. The summed E-state index contributed by atoms with van der Waals surface area (Å²) in [6.07, 6.45) is 0. The maximum atomic E-state index is 5.01. The van der Waals surface area contributed by atoms with Crippen LogP contribution >= 0.6 is 11.8 Å². The molecule has 0 aromatic heterocycles. The molecule has 0 N–H and O–H groups in total. The maximum Gasteiger partial charge on any atom is 0.0963 e. The van der Waals surface area contributed by atoms with Crippen LogP contribution in [-0.2, 0) is 10.2 Å². The first-order valence-electron chi connectivity index (χ1n) is 4.76. The van der Waals surface area contributed by atoms with Gasteiger partial charge in [-0.2, -0.15) is 0 Å². The summed E-state index contributed by atoms with van der Waals surface area (Å²) in [6.45, 7) is 6.68. The molecule has 1 rings (SSSR count). The highest BCUT2D eigenvalue weighted by molar-refractivity contribution is 7.99. The summed E-state index contributed by atoms with van der Waals surface area (Å²) in [5.74, 6) is 0.717. The Morgan fingerprint density at radius 1 is 1.00 bits per heavy atom. The minimum atomic E-state index is 0. The number of hydrogen-bond acceptors (Lipinski definition) is 2. The van der Waals surface area contributed by atoms with Gasteiger partial charge in [0.2, 0.25) is 0 Å². The predicted octanol–water partition coefficient (Wildman–Crippen LogP) is 4.14. The normalized spacial score (nSPS) is 9.65. The summed E-state index contributed by atoms with van der Waals surface area (Å²) >= 11 is 1.72. The smallest absolute Gasteiger partial charge is 0.0963 e. The first-order chi connectivity index (χ1) is 6.54. The Kier molecular flexibility index (Phi) is 11.9. The average Bonchev–Trinajstić information content (AvgIpc) is 2.14. The van der Waals surface area contributed by atoms with E-state index in [1.807, 2.05) is 0 Å². The van der Waals surface area contributed by atoms with E-state index in [1.54, 1.807) is 18.9 Å². The molecule has 0 saturated heterocycles. The molecule has 0 saturated carbocycles. The van der Waals surface area contributed by atoms with Crippen molar-refractivity contribution in [1.29, 1.82) is 0 Å². The average molecular weight is 270 g/mol. The van der Waals surface area contributed by atoms with Crippen molar-refractivity contribution in [2.45, 2.75) is 31.1 Å². The molecule has 1 aromatic rings. The fraction of sp³-hybridized carbons (Fsp3) is 0.500. The highest BCUT2D eigenvalue weighted by Gasteiger charge is 2.12. The molecule has 0 atom stereocenters. The van der Waals surface area contributed by atoms with Gasteiger partial charge in [0.1, 0.15) is 0 Å². The van der Waals surface area contributed by atoms with Gasteiger partial charge in [-0.05, 0) is 23.1 Å². The number of benzene rings is 1. The molecule has 0 heterocycles. The molecule has 0 aliphatic rings. The van der Waals surface area contributed by atoms with Crippen molar-refractivity contribution in [3.05, 3.63) is 29.8 Å². The zero-order chi connectivity index (χ0) is 10.6. The van der Waals surface area contributed by atoms with Gasteiger partial charge in [0, 0.05) is 12.0 Å². The Balaban J connectivity index is -0.000000653. The second kappa shape index (κ2) is 9.36. The molecule has 0 spiro atoms. The number of thioether (sulfide) groups is 1. The lowest BCUT2D eigenvalue weighted by Crippen LogP contribution is -2.10. The van der Waals surface area contributed by atoms with E-state index >= 15 is 0 Å². The van der Waals surface area contributed by atoms with Crippen molar-refractivity contribution in [1.82, 2.24) is 0 Å². The topological polar surface area (TPSA) is 9.23 Å². The lowest BCUT2D eigenvalue weighted by Gasteiger charge is -2.18. The Hall–Kier alpha value is -0.680. The molecule has 0 radical (unpaired) electrons. The van der Waals surface area contributed by atoms with Crippen LogP contribution in [0, 0.1) is 0 Å². The van der Waals surface area contributed by atoms with Gasteiger partial charge in [0.25, 0.3) is 0 Å². The van der Waals surface area contributed by atoms with E-state index in [-0.39, 0.29) is 19.5 Å². The monoisotopic (exact) mass is 270 g/mol. The molecule has 0 aliphatic heterocycles. The van der Waals surface area contributed by atoms with Crippen LogP contribution in [0.3, 0.4) is 0 Å². The van der Waals surface area contributed by atoms with Gasteiger partial charge in [0.15, 0.2) is 0 Å². The lowest BCUT2D eigenvalue weighted by molar-refractivity contribution is 0.259. The molecular formula is C12H21F3OS. The molecule has 0 fully saturated rings. The van der Waals surface area contributed by atoms with Crippen molar-refractivity contribution >= 4 is 11.8 Å². The Morgan fingerprint density at radius 3 is 1.82 bits per heavy atom. The minimum absolute atomic E-state index is 0. The third kappa shape index (κ3) is 7.28. The van der Waals surface area contributed by atoms with E-state index in [4.69, 9.17) is 4.74 Å². The predicted molar refractivity (Wildman–Crippen MR) is 70.4 cm³/mol. The van der Waals surface area contributed by atoms with Crippen LogP contribution in [0.25, 0.3) is 0 Å². The Bertz CT molecular complexity index is 283. The third-order valence-electron chi connectivity index (χ3n) is 2.06. The molecule has 102 valence electrons. The molecule has 0 amide bonds. The molecule has 0 unspecified atom stereocenters. The molecular weight excluding hydrogens is 249 g/mol. The Labute approximate surface area is 105 Å². The summed E-state index contributed by atoms with van der Waals surface area (Å²) in [5.41, 5.74) is 1.61. The third-order valence-corrected chi connectivity index (χ3v) is 3.02. The summed E-state index contributed by atoms with van der Waals surface area (Å²) in [7, 11) is 1.72. The molecule has 17 heavy (non-hydrogen) atoms. The fourth-order valence-corrected chi connectivity index (χ4v) is 1.76. The van der Waals surface area contributed by atoms with Crippen LogP contribution in [-0.4, -0.2) is 13.0 Å². The van der Waals surface area contributed by atoms with Gasteiger partial charge in [-0.1, -0.05) is 44.7 Å². The van der Waals surface area contributed by atoms with Crippen LogP contribution in [0.15, 0.2) is 29.2 Å². The summed E-state index contributed by atoms with van der Waals surface area (Å²) in [4.78, 5) is 1.26. The number of halogens is 3. The number of methoxy groups -OCH3 is 1. The standard InChI is InChI=1S/C12H18OS.3FH/c1-12(2,3)10-5-7-11(8-6-10)14-9-13-4;;;/h5-8H,9H2,1-4H3;3*1H. The van der Waals surface area contributed by atoms with Gasteiger partial charge in [-0.15, -0.1) is 0 Å². The van der Waals surface area contributed by atoms with Crippen molar-refractivity contribution in [3.63, 3.8) is 0 Å². The van der Waals surface area contributed by atoms with Gasteiger partial charge in [-0.3, -0.25) is 14.1 Å². The first-order valence-corrected chi connectivity index (χ1v) is 5.75. The number of hydrogen-bond donors (Lipinski definition) is 0. The summed E-state index contributed by atoms with van der Waals surface area (Å²) in [5, 5.41) is 0. The van der Waals surface area contributed by atoms with Crippen LogP contribution in [0.2, 0.25) is 0 Å². The van der Waals surface area contributed by atoms with E-state index in [9.17, 15) is 0 Å². The van der Waals surface area contributed by atoms with E-state index < -0.39 is 0 Å². The molecule has 1 nitrogen and oxygen atoms in total. The van der Waals surface area contributed by atoms with Crippen LogP contribution in [0.5, 0.6) is 0 Å². The van der Waals surface area contributed by atoms with Gasteiger partial charge in [0.05, 0.1) is 5.94 Å². The highest BCUT2D eigenvalue weighted by Crippen LogP contribution is 2.25. The van der Waals surface area contributed by atoms with Crippen LogP contribution in [0.1, 0.15) is 26.3 Å². The first kappa shape index (κ1) is 21.6. The SMILES string of the molecule is COCSc1ccc(C(C)(C)C)cc1.F.F.F.